The molecule has 36 heteroatoms. The van der Waals surface area contributed by atoms with E-state index in [2.05, 4.69) is 9.97 Å². The van der Waals surface area contributed by atoms with Crippen molar-refractivity contribution in [3.63, 3.8) is 0 Å². The zero-order valence-corrected chi connectivity index (χ0v) is 77.8. The van der Waals surface area contributed by atoms with E-state index in [-0.39, 0.29) is 247 Å². The van der Waals surface area contributed by atoms with Crippen molar-refractivity contribution in [1.82, 2.24) is 14.5 Å². The number of phenolic OH excluding ortho intramolecular Hbond substituents is 2. The van der Waals surface area contributed by atoms with Crippen LogP contribution in [0.3, 0.4) is 0 Å². The average molecular weight is 1980 g/mol. The highest BCUT2D eigenvalue weighted by atomic mass is 35.5. The van der Waals surface area contributed by atoms with E-state index in [0.717, 1.165) is 44.2 Å². The minimum atomic E-state index is -0.805. The number of anilines is 12. The molecule has 1 amide bonds. The summed E-state index contributed by atoms with van der Waals surface area (Å²) in [4.78, 5) is 183. The number of carbonyl (C=O) groups is 13. The van der Waals surface area contributed by atoms with Crippen LogP contribution < -0.4 is 89.6 Å². The summed E-state index contributed by atoms with van der Waals surface area (Å²) in [6.45, 7) is 0. The molecule has 17 aromatic rings. The van der Waals surface area contributed by atoms with Crippen LogP contribution in [0.15, 0.2) is 260 Å². The summed E-state index contributed by atoms with van der Waals surface area (Å²) >= 11 is 11.9. The summed E-state index contributed by atoms with van der Waals surface area (Å²) in [5.41, 5.74) is 86.7. The number of hydrogen-bond donors (Lipinski definition) is 15. The molecule has 7 aliphatic rings. The Balaban J connectivity index is 0.000000112. The number of rotatable bonds is 4. The molecule has 0 bridgehead atoms. The number of aryl methyl sites for hydroxylation is 1. The van der Waals surface area contributed by atoms with Crippen LogP contribution in [-0.4, -0.2) is 107 Å². The number of aromatic hydroxyl groups is 2. The van der Waals surface area contributed by atoms with Crippen molar-refractivity contribution in [3.05, 3.63) is 415 Å². The molecule has 0 spiro atoms. The first-order chi connectivity index (χ1) is 69.8. The largest absolute Gasteiger partial charge is 0.507 e. The Bertz CT molecular complexity index is 8750. The number of para-hydroxylation sites is 1. The minimum absolute atomic E-state index is 0.00514. The normalized spacial score (nSPS) is 12.7. The van der Waals surface area contributed by atoms with Crippen LogP contribution in [0.2, 0.25) is 10.0 Å². The number of phenols is 2. The number of ketones is 12. The SMILES string of the molecule is COc1cc(O)c2c(c1N)C(=O)c1ccccc1C2=O.Cn1c(=O)cc2c3c(c(N)ccc31)C(=O)c1ccccc1-2.NC(=O)c1cc(N)c2c(c1N)C(=O)c1ccccc1C2=O.Nc1c(Cl)c(Cl)c(N)c2c1C(=O)c1ccccc1C2=O.Nc1c(Oc2ccccc2)cc(O)c2c1C(=O)c1ccccc1C2=O.Nc1ccc(N)c2c1C(=O)c1c(N)ccc(N)c1C2=O.Nc1ccc2ncnc3c2c1C(=O)c1ccccc1-3. The maximum absolute atomic E-state index is 12.8. The highest BCUT2D eigenvalue weighted by Crippen LogP contribution is 2.50. The van der Waals surface area contributed by atoms with Gasteiger partial charge in [0.15, 0.2) is 75.1 Å². The van der Waals surface area contributed by atoms with Gasteiger partial charge in [-0.15, -0.1) is 0 Å². The van der Waals surface area contributed by atoms with Crippen LogP contribution in [0.25, 0.3) is 44.2 Å². The predicted octanol–water partition coefficient (Wildman–Crippen LogP) is 14.5. The lowest BCUT2D eigenvalue weighted by Gasteiger charge is -2.22. The Hall–Kier alpha value is -20.3. The third kappa shape index (κ3) is 15.6. The lowest BCUT2D eigenvalue weighted by atomic mass is 9.81. The van der Waals surface area contributed by atoms with Gasteiger partial charge in [0.1, 0.15) is 29.3 Å². The summed E-state index contributed by atoms with van der Waals surface area (Å²) < 4.78 is 12.2. The molecule has 2 aromatic heterocycles. The van der Waals surface area contributed by atoms with E-state index in [1.54, 1.807) is 163 Å². The zero-order valence-electron chi connectivity index (χ0n) is 76.3. The highest BCUT2D eigenvalue weighted by Gasteiger charge is 2.43. The highest BCUT2D eigenvalue weighted by molar-refractivity contribution is 6.48. The van der Waals surface area contributed by atoms with E-state index in [0.29, 0.717) is 39.4 Å². The summed E-state index contributed by atoms with van der Waals surface area (Å²) in [5.74, 6) is -4.85. The number of fused-ring (bicyclic) bond motifs is 14. The molecule has 34 nitrogen and oxygen atoms in total. The third-order valence-corrected chi connectivity index (χ3v) is 26.4. The van der Waals surface area contributed by atoms with Crippen LogP contribution in [0.5, 0.6) is 28.7 Å². The Labute approximate surface area is 834 Å². The van der Waals surface area contributed by atoms with Crippen LogP contribution >= 0.6 is 23.2 Å². The standard InChI is InChI=1S/C20H13NO4.C17H12N2O2.C15H11N3O3.C15H9N3O.C15H11NO4.C14H8Cl2N2O2.C14H12N4O2/c21-18-15(25-11-6-2-1-3-7-11)10-14(22)16-17(18)20(24)13-9-5-4-8-12(13)19(16)23;1-19-13-7-6-12(18)16-15(13)11(8-14(19)20)9-4-2-3-5-10(9)17(16)21;16-9-5-8(15(18)21)12(17)11-10(9)13(19)6-3-1-2-4-7(6)14(11)20;16-10-5-6-11-13-12(10)15(19)9-4-2-1-3-8(9)14(13)18-7-17-11;1-20-10-6-9(17)11-12(13(10)16)15(19)8-5-3-2-4-7(8)14(11)18;15-9-10(16)12(18)8-7(11(9)17)13(19)5-3-1-2-4-6(5)14(8)20;15-5-1-2-6(16)10-9(5)13(19)11-7(17)3-4-8(18)12(11)14(10)20/h1-10,22H,21H2;2-8H,18H2,1H3;1-5H,16-17H2,(H2,18,21);1-7H,16H2;2-6,17H,16H2,1H3;1-4H,17-18H2;1-4H,15-18H2. The van der Waals surface area contributed by atoms with Gasteiger partial charge < -0.3 is 98.8 Å². The number of amides is 1. The van der Waals surface area contributed by atoms with Gasteiger partial charge in [0.05, 0.1) is 146 Å². The number of ether oxygens (including phenoxy) is 2. The van der Waals surface area contributed by atoms with Crippen molar-refractivity contribution in [3.8, 4) is 51.1 Å². The lowest BCUT2D eigenvalue weighted by Crippen LogP contribution is -2.26. The number of nitrogens with two attached hydrogens (primary N) is 13. The second-order valence-corrected chi connectivity index (χ2v) is 34.5. The molecule has 0 radical (unpaired) electrons. The molecule has 0 unspecified atom stereocenters. The van der Waals surface area contributed by atoms with Crippen molar-refractivity contribution in [1.29, 1.82) is 0 Å². The second-order valence-electron chi connectivity index (χ2n) is 33.7. The maximum Gasteiger partial charge on any atom is 0.251 e. The fraction of sp³-hybridized carbons (Fsp3) is 0.0182. The summed E-state index contributed by atoms with van der Waals surface area (Å²) in [6.07, 6.45) is 1.52. The summed E-state index contributed by atoms with van der Waals surface area (Å²) in [7, 11) is 3.08. The van der Waals surface area contributed by atoms with E-state index in [1.165, 1.54) is 62.0 Å². The van der Waals surface area contributed by atoms with Gasteiger partial charge in [-0.1, -0.05) is 187 Å². The van der Waals surface area contributed by atoms with Crippen LogP contribution in [-0.2, 0) is 7.05 Å². The average Bonchev–Trinajstić information content (AvgIpc) is 0.723. The second kappa shape index (κ2) is 37.2. The zero-order chi connectivity index (χ0) is 104. The van der Waals surface area contributed by atoms with E-state index in [1.807, 2.05) is 48.5 Å². The number of methoxy groups -OCH3 is 1. The molecule has 0 saturated carbocycles. The number of primary amides is 1. The number of carbonyl (C=O) groups excluding carboxylic acids is 13. The van der Waals surface area contributed by atoms with Crippen molar-refractivity contribution < 1.29 is 82.0 Å². The Kier molecular flexibility index (Phi) is 24.4. The first-order valence-corrected chi connectivity index (χ1v) is 44.6. The smallest absolute Gasteiger partial charge is 0.251 e. The Morgan fingerprint density at radius 2 is 0.596 bits per heavy atom. The van der Waals surface area contributed by atoms with Crippen molar-refractivity contribution in [2.75, 3.05) is 75.9 Å². The molecule has 718 valence electrons. The predicted molar refractivity (Wildman–Crippen MR) is 553 cm³/mol. The van der Waals surface area contributed by atoms with Gasteiger partial charge in [0.25, 0.3) is 11.5 Å². The van der Waals surface area contributed by atoms with Crippen molar-refractivity contribution in [2.24, 2.45) is 12.8 Å². The molecule has 15 aromatic carbocycles. The monoisotopic (exact) mass is 1980 g/mol. The van der Waals surface area contributed by atoms with Crippen LogP contribution in [0, 0.1) is 0 Å². The van der Waals surface area contributed by atoms with Gasteiger partial charge in [-0.05, 0) is 77.9 Å². The van der Waals surface area contributed by atoms with Gasteiger partial charge in [0, 0.05) is 137 Å². The van der Waals surface area contributed by atoms with Gasteiger partial charge in [0.2, 0.25) is 0 Å². The van der Waals surface area contributed by atoms with E-state index >= 15 is 0 Å². The molecule has 24 rings (SSSR count). The van der Waals surface area contributed by atoms with Gasteiger partial charge in [-0.3, -0.25) is 67.1 Å². The maximum atomic E-state index is 12.8. The van der Waals surface area contributed by atoms with Gasteiger partial charge in [-0.25, -0.2) is 9.97 Å². The van der Waals surface area contributed by atoms with Crippen LogP contribution in [0.4, 0.5) is 68.2 Å². The van der Waals surface area contributed by atoms with Crippen LogP contribution in [0.1, 0.15) is 201 Å². The van der Waals surface area contributed by atoms with Crippen molar-refractivity contribution in [2.45, 2.75) is 0 Å². The van der Waals surface area contributed by atoms with Gasteiger partial charge >= 0.3 is 0 Å². The summed E-state index contributed by atoms with van der Waals surface area (Å²) in [6, 6.07) is 67.7. The van der Waals surface area contributed by atoms with E-state index in [9.17, 15) is 77.3 Å². The third-order valence-electron chi connectivity index (χ3n) is 25.5. The number of benzene rings is 15. The minimum Gasteiger partial charge on any atom is -0.507 e. The lowest BCUT2D eigenvalue weighted by molar-refractivity contribution is 0.0977. The number of nitrogen functional groups attached to an aromatic ring is 12. The topological polar surface area (TPSA) is 667 Å². The van der Waals surface area contributed by atoms with E-state index in [4.69, 9.17) is 107 Å². The van der Waals surface area contributed by atoms with Crippen molar-refractivity contribution >= 4 is 189 Å². The number of nitrogens with zero attached hydrogens (tertiary/aromatic N) is 3. The van der Waals surface area contributed by atoms with E-state index < -0.39 is 40.6 Å². The Morgan fingerprint density at radius 1 is 0.295 bits per heavy atom. The molecular weight excluding hydrogens is 1900 g/mol. The molecule has 2 heterocycles. The molecule has 28 N–H and O–H groups in total. The molecular formula is C110H76Cl2N16O18. The first-order valence-electron chi connectivity index (χ1n) is 43.9. The molecule has 0 saturated heterocycles. The molecule has 146 heavy (non-hydrogen) atoms. The number of pyridine rings is 1. The molecule has 0 fully saturated rings. The first kappa shape index (κ1) is 96.0. The van der Waals surface area contributed by atoms with Gasteiger partial charge in [-0.2, -0.15) is 0 Å². The quantitative estimate of drug-likeness (QED) is 0.0575. The Morgan fingerprint density at radius 3 is 1.00 bits per heavy atom. The number of halogens is 2. The molecule has 0 atom stereocenters. The molecule has 0 aliphatic heterocycles. The number of hydrogen-bond acceptors (Lipinski definition) is 32. The fourth-order valence-electron chi connectivity index (χ4n) is 18.5. The number of aromatic nitrogens is 3. The molecule has 7 aliphatic carbocycles. The fourth-order valence-corrected chi connectivity index (χ4v) is 18.9. The summed E-state index contributed by atoms with van der Waals surface area (Å²) in [5, 5.41) is 21.8.